The van der Waals surface area contributed by atoms with Crippen molar-refractivity contribution in [1.29, 1.82) is 0 Å². The van der Waals surface area contributed by atoms with Crippen LogP contribution in [0.4, 0.5) is 0 Å². The van der Waals surface area contributed by atoms with Crippen LogP contribution in [0.15, 0.2) is 60.7 Å². The van der Waals surface area contributed by atoms with Crippen LogP contribution in [0.2, 0.25) is 0 Å². The number of rotatable bonds is 0. The third kappa shape index (κ3) is 1.70. The number of hydrogen-bond donors (Lipinski definition) is 0. The summed E-state index contributed by atoms with van der Waals surface area (Å²) in [6.45, 7) is 4.00. The first kappa shape index (κ1) is 12.7. The molecule has 1 heteroatoms. The molecule has 0 aliphatic carbocycles. The minimum Gasteiger partial charge on any atom is -0.344 e. The molecule has 0 saturated carbocycles. The minimum atomic E-state index is 1.30. The number of fused-ring (bicyclic) bond motifs is 5. The monoisotopic (exact) mass is 261 g/mol. The van der Waals surface area contributed by atoms with Gasteiger partial charge in [0.2, 0.25) is 0 Å². The molecule has 0 atom stereocenters. The Morgan fingerprint density at radius 1 is 0.650 bits per heavy atom. The van der Waals surface area contributed by atoms with E-state index in [1.54, 1.807) is 0 Å². The van der Waals surface area contributed by atoms with Crippen molar-refractivity contribution in [3.63, 3.8) is 0 Å². The van der Waals surface area contributed by atoms with E-state index in [1.807, 2.05) is 13.8 Å². The lowest BCUT2D eigenvalue weighted by Gasteiger charge is -2.01. The Morgan fingerprint density at radius 3 is 2.10 bits per heavy atom. The van der Waals surface area contributed by atoms with Gasteiger partial charge >= 0.3 is 0 Å². The van der Waals surface area contributed by atoms with Gasteiger partial charge in [0, 0.05) is 28.9 Å². The molecule has 0 saturated heterocycles. The summed E-state index contributed by atoms with van der Waals surface area (Å²) in [6.07, 6.45) is 0. The molecule has 4 rings (SSSR count). The second-order valence-corrected chi connectivity index (χ2v) is 4.76. The lowest BCUT2D eigenvalue weighted by molar-refractivity contribution is 1.01. The summed E-state index contributed by atoms with van der Waals surface area (Å²) in [5.41, 5.74) is 2.60. The first-order valence-electron chi connectivity index (χ1n) is 7.21. The highest BCUT2D eigenvalue weighted by Gasteiger charge is 2.09. The number of benzene rings is 3. The van der Waals surface area contributed by atoms with Crippen molar-refractivity contribution in [3.8, 4) is 0 Å². The van der Waals surface area contributed by atoms with Crippen molar-refractivity contribution in [3.05, 3.63) is 60.7 Å². The zero-order valence-corrected chi connectivity index (χ0v) is 12.2. The fraction of sp³-hybridized carbons (Fsp3) is 0.158. The molecule has 20 heavy (non-hydrogen) atoms. The maximum absolute atomic E-state index is 2.27. The highest BCUT2D eigenvalue weighted by molar-refractivity contribution is 6.20. The smallest absolute Gasteiger partial charge is 0.0495 e. The van der Waals surface area contributed by atoms with E-state index in [9.17, 15) is 0 Å². The largest absolute Gasteiger partial charge is 0.344 e. The van der Waals surface area contributed by atoms with Crippen molar-refractivity contribution in [2.75, 3.05) is 0 Å². The van der Waals surface area contributed by atoms with Crippen LogP contribution in [0.5, 0.6) is 0 Å². The summed E-state index contributed by atoms with van der Waals surface area (Å²) < 4.78 is 2.27. The number of para-hydroxylation sites is 1. The normalized spacial score (nSPS) is 10.8. The van der Waals surface area contributed by atoms with Gasteiger partial charge in [0.25, 0.3) is 0 Å². The van der Waals surface area contributed by atoms with Crippen molar-refractivity contribution >= 4 is 32.6 Å². The molecule has 0 aliphatic rings. The summed E-state index contributed by atoms with van der Waals surface area (Å²) in [5.74, 6) is 0. The maximum atomic E-state index is 2.27. The van der Waals surface area contributed by atoms with E-state index < -0.39 is 0 Å². The second-order valence-electron chi connectivity index (χ2n) is 4.76. The summed E-state index contributed by atoms with van der Waals surface area (Å²) >= 11 is 0. The van der Waals surface area contributed by atoms with E-state index >= 15 is 0 Å². The van der Waals surface area contributed by atoms with Gasteiger partial charge in [-0.3, -0.25) is 0 Å². The molecule has 1 heterocycles. The van der Waals surface area contributed by atoms with Gasteiger partial charge < -0.3 is 4.57 Å². The lowest BCUT2D eigenvalue weighted by atomic mass is 10.0. The minimum absolute atomic E-state index is 1.30. The van der Waals surface area contributed by atoms with Gasteiger partial charge in [0.15, 0.2) is 0 Å². The highest BCUT2D eigenvalue weighted by atomic mass is 14.9. The van der Waals surface area contributed by atoms with Gasteiger partial charge in [-0.1, -0.05) is 62.4 Å². The number of hydrogen-bond acceptors (Lipinski definition) is 0. The molecule has 0 amide bonds. The molecule has 0 aliphatic heterocycles. The molecular formula is C19H19N. The Balaban J connectivity index is 0.000000581. The Kier molecular flexibility index (Phi) is 3.19. The van der Waals surface area contributed by atoms with Crippen LogP contribution in [-0.4, -0.2) is 4.57 Å². The third-order valence-corrected chi connectivity index (χ3v) is 3.80. The second kappa shape index (κ2) is 5.01. The van der Waals surface area contributed by atoms with E-state index in [0.717, 1.165) is 0 Å². The Hall–Kier alpha value is -2.28. The SMILES string of the molecule is CC.Cn1c2ccccc2c2c3ccccc3ccc21. The average molecular weight is 261 g/mol. The molecule has 100 valence electrons. The van der Waals surface area contributed by atoms with Crippen LogP contribution in [-0.2, 0) is 7.05 Å². The average Bonchev–Trinajstić information content (AvgIpc) is 2.83. The van der Waals surface area contributed by atoms with Crippen LogP contribution in [0.3, 0.4) is 0 Å². The van der Waals surface area contributed by atoms with Gasteiger partial charge in [-0.15, -0.1) is 0 Å². The lowest BCUT2D eigenvalue weighted by Crippen LogP contribution is -1.85. The van der Waals surface area contributed by atoms with Crippen molar-refractivity contribution in [2.45, 2.75) is 13.8 Å². The van der Waals surface area contributed by atoms with Gasteiger partial charge in [-0.2, -0.15) is 0 Å². The van der Waals surface area contributed by atoms with Crippen molar-refractivity contribution in [1.82, 2.24) is 4.57 Å². The number of nitrogens with zero attached hydrogens (tertiary/aromatic N) is 1. The zero-order chi connectivity index (χ0) is 14.1. The molecule has 0 N–H and O–H groups in total. The van der Waals surface area contributed by atoms with Crippen LogP contribution in [0.25, 0.3) is 32.6 Å². The zero-order valence-electron chi connectivity index (χ0n) is 12.2. The predicted octanol–water partition coefficient (Wildman–Crippen LogP) is 5.51. The number of aryl methyl sites for hydroxylation is 1. The van der Waals surface area contributed by atoms with Crippen LogP contribution in [0, 0.1) is 0 Å². The molecule has 0 unspecified atom stereocenters. The fourth-order valence-electron chi connectivity index (χ4n) is 2.93. The van der Waals surface area contributed by atoms with Gasteiger partial charge in [0.1, 0.15) is 0 Å². The van der Waals surface area contributed by atoms with Crippen LogP contribution >= 0.6 is 0 Å². The molecule has 1 nitrogen and oxygen atoms in total. The predicted molar refractivity (Wildman–Crippen MR) is 89.3 cm³/mol. The molecule has 3 aromatic carbocycles. The highest BCUT2D eigenvalue weighted by Crippen LogP contribution is 2.33. The van der Waals surface area contributed by atoms with E-state index in [4.69, 9.17) is 0 Å². The fourth-order valence-corrected chi connectivity index (χ4v) is 2.93. The van der Waals surface area contributed by atoms with Crippen molar-refractivity contribution < 1.29 is 0 Å². The Bertz CT molecular complexity index is 884. The molecular weight excluding hydrogens is 242 g/mol. The van der Waals surface area contributed by atoms with Crippen LogP contribution in [0.1, 0.15) is 13.8 Å². The maximum Gasteiger partial charge on any atom is 0.0495 e. The third-order valence-electron chi connectivity index (χ3n) is 3.80. The molecule has 0 bridgehead atoms. The molecule has 0 spiro atoms. The first-order valence-corrected chi connectivity index (χ1v) is 7.21. The molecule has 1 aromatic heterocycles. The van der Waals surface area contributed by atoms with Crippen molar-refractivity contribution in [2.24, 2.45) is 7.05 Å². The quantitative estimate of drug-likeness (QED) is 0.393. The number of aromatic nitrogens is 1. The van der Waals surface area contributed by atoms with Crippen LogP contribution < -0.4 is 0 Å². The molecule has 0 fully saturated rings. The molecule has 0 radical (unpaired) electrons. The van der Waals surface area contributed by atoms with E-state index in [0.29, 0.717) is 0 Å². The topological polar surface area (TPSA) is 4.93 Å². The summed E-state index contributed by atoms with van der Waals surface area (Å²) in [4.78, 5) is 0. The van der Waals surface area contributed by atoms with Gasteiger partial charge in [-0.25, -0.2) is 0 Å². The van der Waals surface area contributed by atoms with Gasteiger partial charge in [-0.05, 0) is 22.9 Å². The summed E-state index contributed by atoms with van der Waals surface area (Å²) in [6, 6.07) is 21.6. The summed E-state index contributed by atoms with van der Waals surface area (Å²) in [5, 5.41) is 5.35. The van der Waals surface area contributed by atoms with E-state index in [-0.39, 0.29) is 0 Å². The standard InChI is InChI=1S/C17H13N.C2H6/c1-18-15-9-5-4-8-14(15)17-13-7-3-2-6-12(13)10-11-16(17)18;1-2/h2-11H,1H3;1-2H3. The summed E-state index contributed by atoms with van der Waals surface area (Å²) in [7, 11) is 2.14. The molecule has 4 aromatic rings. The van der Waals surface area contributed by atoms with Gasteiger partial charge in [0.05, 0.1) is 0 Å². The van der Waals surface area contributed by atoms with E-state index in [2.05, 4.69) is 72.3 Å². The Morgan fingerprint density at radius 2 is 1.30 bits per heavy atom. The Labute approximate surface area is 119 Å². The first-order chi connectivity index (χ1) is 9.86. The van der Waals surface area contributed by atoms with E-state index in [1.165, 1.54) is 32.6 Å².